The molecule has 0 radical (unpaired) electrons. The van der Waals surface area contributed by atoms with Crippen molar-refractivity contribution in [2.45, 2.75) is 37.7 Å². The third-order valence-electron chi connectivity index (χ3n) is 3.18. The van der Waals surface area contributed by atoms with Crippen LogP contribution in [0.15, 0.2) is 24.3 Å². The highest BCUT2D eigenvalue weighted by atomic mass is 16.4. The number of benzene rings is 1. The van der Waals surface area contributed by atoms with Gasteiger partial charge in [0.25, 0.3) is 0 Å². The van der Waals surface area contributed by atoms with Gasteiger partial charge >= 0.3 is 5.97 Å². The first-order chi connectivity index (χ1) is 7.65. The van der Waals surface area contributed by atoms with E-state index in [9.17, 15) is 9.90 Å². The number of aliphatic carboxylic acids is 1. The lowest BCUT2D eigenvalue weighted by atomic mass is 9.95. The predicted octanol–water partition coefficient (Wildman–Crippen LogP) is 1.94. The van der Waals surface area contributed by atoms with Crippen LogP contribution in [0.4, 0.5) is 0 Å². The maximum atomic E-state index is 10.6. The van der Waals surface area contributed by atoms with Gasteiger partial charge in [0.05, 0.1) is 12.5 Å². The summed E-state index contributed by atoms with van der Waals surface area (Å²) in [7, 11) is 0. The Morgan fingerprint density at radius 1 is 1.38 bits per heavy atom. The van der Waals surface area contributed by atoms with E-state index in [-0.39, 0.29) is 12.5 Å². The first kappa shape index (κ1) is 11.1. The number of carboxylic acids is 1. The molecule has 3 heteroatoms. The van der Waals surface area contributed by atoms with Gasteiger partial charge in [0.1, 0.15) is 0 Å². The van der Waals surface area contributed by atoms with Crippen molar-refractivity contribution < 1.29 is 15.0 Å². The summed E-state index contributed by atoms with van der Waals surface area (Å²) in [4.78, 5) is 10.6. The molecule has 2 atom stereocenters. The van der Waals surface area contributed by atoms with Crippen molar-refractivity contribution in [3.8, 4) is 0 Å². The van der Waals surface area contributed by atoms with Crippen LogP contribution in [0.5, 0.6) is 0 Å². The number of aliphatic hydroxyl groups excluding tert-OH is 1. The zero-order valence-electron chi connectivity index (χ0n) is 9.10. The van der Waals surface area contributed by atoms with E-state index >= 15 is 0 Å². The molecule has 1 aliphatic rings. The van der Waals surface area contributed by atoms with Gasteiger partial charge in [0, 0.05) is 0 Å². The summed E-state index contributed by atoms with van der Waals surface area (Å²) in [6.45, 7) is 0. The molecule has 1 saturated carbocycles. The molecular formula is C13H16O3. The van der Waals surface area contributed by atoms with Crippen molar-refractivity contribution in [1.82, 2.24) is 0 Å². The average Bonchev–Trinajstić information content (AvgIpc) is 2.64. The lowest BCUT2D eigenvalue weighted by molar-refractivity contribution is -0.136. The van der Waals surface area contributed by atoms with Gasteiger partial charge in [0.15, 0.2) is 0 Å². The molecule has 0 bridgehead atoms. The van der Waals surface area contributed by atoms with E-state index in [4.69, 9.17) is 5.11 Å². The topological polar surface area (TPSA) is 57.5 Å². The molecule has 2 rings (SSSR count). The third-order valence-corrected chi connectivity index (χ3v) is 3.18. The summed E-state index contributed by atoms with van der Waals surface area (Å²) in [6.07, 6.45) is 2.54. The van der Waals surface area contributed by atoms with Crippen LogP contribution in [0.1, 0.15) is 36.3 Å². The van der Waals surface area contributed by atoms with Crippen LogP contribution < -0.4 is 0 Å². The minimum atomic E-state index is -0.802. The second kappa shape index (κ2) is 4.66. The normalized spacial score (nSPS) is 24.6. The van der Waals surface area contributed by atoms with E-state index in [0.717, 1.165) is 30.4 Å². The van der Waals surface area contributed by atoms with Crippen molar-refractivity contribution in [1.29, 1.82) is 0 Å². The van der Waals surface area contributed by atoms with Crippen LogP contribution >= 0.6 is 0 Å². The molecular weight excluding hydrogens is 204 g/mol. The van der Waals surface area contributed by atoms with Crippen molar-refractivity contribution in [2.24, 2.45) is 0 Å². The largest absolute Gasteiger partial charge is 0.481 e. The van der Waals surface area contributed by atoms with Gasteiger partial charge in [-0.25, -0.2) is 0 Å². The fraction of sp³-hybridized carbons (Fsp3) is 0.462. The van der Waals surface area contributed by atoms with Crippen molar-refractivity contribution in [3.05, 3.63) is 35.4 Å². The Morgan fingerprint density at radius 2 is 2.19 bits per heavy atom. The maximum absolute atomic E-state index is 10.6. The monoisotopic (exact) mass is 220 g/mol. The van der Waals surface area contributed by atoms with E-state index < -0.39 is 5.97 Å². The van der Waals surface area contributed by atoms with Crippen molar-refractivity contribution in [2.75, 3.05) is 0 Å². The Bertz CT molecular complexity index is 387. The van der Waals surface area contributed by atoms with Crippen LogP contribution in [0.25, 0.3) is 0 Å². The molecule has 16 heavy (non-hydrogen) atoms. The molecule has 1 fully saturated rings. The second-order valence-corrected chi connectivity index (χ2v) is 4.48. The molecule has 2 unspecified atom stereocenters. The van der Waals surface area contributed by atoms with Gasteiger partial charge in [-0.3, -0.25) is 4.79 Å². The van der Waals surface area contributed by atoms with Crippen LogP contribution in [0.3, 0.4) is 0 Å². The predicted molar refractivity (Wildman–Crippen MR) is 60.4 cm³/mol. The molecule has 0 aromatic heterocycles. The highest BCUT2D eigenvalue weighted by Crippen LogP contribution is 2.34. The standard InChI is InChI=1S/C13H16O3/c14-12-5-4-11(8-12)10-3-1-2-9(6-10)7-13(15)16/h1-3,6,11-12,14H,4-5,7-8H2,(H,15,16). The highest BCUT2D eigenvalue weighted by molar-refractivity contribution is 5.70. The minimum absolute atomic E-state index is 0.0725. The fourth-order valence-corrected chi connectivity index (χ4v) is 2.39. The third kappa shape index (κ3) is 2.61. The molecule has 0 saturated heterocycles. The molecule has 0 heterocycles. The van der Waals surface area contributed by atoms with Crippen LogP contribution in [-0.2, 0) is 11.2 Å². The van der Waals surface area contributed by atoms with Crippen molar-refractivity contribution in [3.63, 3.8) is 0 Å². The SMILES string of the molecule is O=C(O)Cc1cccc(C2CCC(O)C2)c1. The smallest absolute Gasteiger partial charge is 0.307 e. The summed E-state index contributed by atoms with van der Waals surface area (Å²) in [5, 5.41) is 18.2. The van der Waals surface area contributed by atoms with Crippen LogP contribution in [-0.4, -0.2) is 22.3 Å². The summed E-state index contributed by atoms with van der Waals surface area (Å²) in [5.41, 5.74) is 2.00. The van der Waals surface area contributed by atoms with Crippen LogP contribution in [0.2, 0.25) is 0 Å². The summed E-state index contributed by atoms with van der Waals surface area (Å²) in [5.74, 6) is -0.410. The fourth-order valence-electron chi connectivity index (χ4n) is 2.39. The first-order valence-electron chi connectivity index (χ1n) is 5.64. The Labute approximate surface area is 94.7 Å². The molecule has 1 aromatic rings. The number of hydrogen-bond donors (Lipinski definition) is 2. The number of carboxylic acid groups (broad SMARTS) is 1. The van der Waals surface area contributed by atoms with E-state index in [1.54, 1.807) is 0 Å². The number of carbonyl (C=O) groups is 1. The summed E-state index contributed by atoms with van der Waals surface area (Å²) in [6, 6.07) is 7.71. The second-order valence-electron chi connectivity index (χ2n) is 4.48. The van der Waals surface area contributed by atoms with Gasteiger partial charge < -0.3 is 10.2 Å². The summed E-state index contributed by atoms with van der Waals surface area (Å²) >= 11 is 0. The van der Waals surface area contributed by atoms with Gasteiger partial charge in [-0.1, -0.05) is 24.3 Å². The van der Waals surface area contributed by atoms with E-state index in [1.807, 2.05) is 24.3 Å². The Kier molecular flexibility index (Phi) is 3.25. The van der Waals surface area contributed by atoms with E-state index in [0.29, 0.717) is 5.92 Å². The molecule has 2 N–H and O–H groups in total. The van der Waals surface area contributed by atoms with Crippen LogP contribution in [0, 0.1) is 0 Å². The number of aliphatic hydroxyl groups is 1. The van der Waals surface area contributed by atoms with E-state index in [1.165, 1.54) is 0 Å². The first-order valence-corrected chi connectivity index (χ1v) is 5.64. The molecule has 0 spiro atoms. The molecule has 1 aromatic carbocycles. The average molecular weight is 220 g/mol. The lowest BCUT2D eigenvalue weighted by Gasteiger charge is -2.10. The molecule has 86 valence electrons. The highest BCUT2D eigenvalue weighted by Gasteiger charge is 2.24. The number of rotatable bonds is 3. The van der Waals surface area contributed by atoms with E-state index in [2.05, 4.69) is 0 Å². The molecule has 0 amide bonds. The Morgan fingerprint density at radius 3 is 2.81 bits per heavy atom. The quantitative estimate of drug-likeness (QED) is 0.818. The Hall–Kier alpha value is -1.35. The number of hydrogen-bond acceptors (Lipinski definition) is 2. The molecule has 3 nitrogen and oxygen atoms in total. The van der Waals surface area contributed by atoms with Gasteiger partial charge in [0.2, 0.25) is 0 Å². The van der Waals surface area contributed by atoms with Gasteiger partial charge in [-0.05, 0) is 36.3 Å². The summed E-state index contributed by atoms with van der Waals surface area (Å²) < 4.78 is 0. The zero-order valence-corrected chi connectivity index (χ0v) is 9.10. The zero-order chi connectivity index (χ0) is 11.5. The van der Waals surface area contributed by atoms with Gasteiger partial charge in [-0.2, -0.15) is 0 Å². The lowest BCUT2D eigenvalue weighted by Crippen LogP contribution is -2.02. The maximum Gasteiger partial charge on any atom is 0.307 e. The van der Waals surface area contributed by atoms with Gasteiger partial charge in [-0.15, -0.1) is 0 Å². The van der Waals surface area contributed by atoms with Crippen molar-refractivity contribution >= 4 is 5.97 Å². The Balaban J connectivity index is 2.12. The molecule has 1 aliphatic carbocycles. The molecule has 0 aliphatic heterocycles. The minimum Gasteiger partial charge on any atom is -0.481 e.